The number of rotatable bonds is 47. The lowest BCUT2D eigenvalue weighted by atomic mass is 10.0. The number of carbonyl (C=O) groups is 3. The van der Waals surface area contributed by atoms with Gasteiger partial charge in [0.2, 0.25) is 0 Å². The second kappa shape index (κ2) is 51.5. The maximum atomic E-state index is 12.8. The molecular formula is C57H98O6. The van der Waals surface area contributed by atoms with Crippen LogP contribution in [0.3, 0.4) is 0 Å². The highest BCUT2D eigenvalue weighted by molar-refractivity contribution is 5.71. The van der Waals surface area contributed by atoms with Gasteiger partial charge in [0, 0.05) is 19.3 Å². The van der Waals surface area contributed by atoms with Gasteiger partial charge in [0.05, 0.1) is 0 Å². The first-order chi connectivity index (χ1) is 31.0. The molecule has 0 aliphatic heterocycles. The topological polar surface area (TPSA) is 78.9 Å². The van der Waals surface area contributed by atoms with Gasteiger partial charge in [-0.3, -0.25) is 14.4 Å². The molecule has 0 N–H and O–H groups in total. The van der Waals surface area contributed by atoms with E-state index in [1.807, 2.05) is 48.6 Å². The van der Waals surface area contributed by atoms with Gasteiger partial charge in [0.25, 0.3) is 0 Å². The quantitative estimate of drug-likeness (QED) is 0.0199. The van der Waals surface area contributed by atoms with Gasteiger partial charge in [-0.2, -0.15) is 0 Å². The van der Waals surface area contributed by atoms with E-state index < -0.39 is 6.10 Å². The average molecular weight is 879 g/mol. The summed E-state index contributed by atoms with van der Waals surface area (Å²) in [7, 11) is 0. The molecule has 0 aromatic heterocycles. The van der Waals surface area contributed by atoms with Crippen LogP contribution in [0.1, 0.15) is 252 Å². The summed E-state index contributed by atoms with van der Waals surface area (Å²) in [5, 5.41) is 0. The molecule has 0 radical (unpaired) electrons. The van der Waals surface area contributed by atoms with Crippen molar-refractivity contribution in [3.63, 3.8) is 0 Å². The van der Waals surface area contributed by atoms with Gasteiger partial charge < -0.3 is 14.2 Å². The van der Waals surface area contributed by atoms with Gasteiger partial charge in [-0.05, 0) is 64.2 Å². The van der Waals surface area contributed by atoms with Crippen LogP contribution >= 0.6 is 0 Å². The molecule has 0 aromatic carbocycles. The fraction of sp³-hybridized carbons (Fsp3) is 0.737. The van der Waals surface area contributed by atoms with E-state index in [2.05, 4.69) is 45.1 Å². The molecule has 0 fully saturated rings. The molecule has 0 heterocycles. The van der Waals surface area contributed by atoms with Crippen LogP contribution in [0.25, 0.3) is 0 Å². The average Bonchev–Trinajstić information content (AvgIpc) is 3.28. The number of ether oxygens (including phenoxy) is 3. The zero-order chi connectivity index (χ0) is 45.8. The number of unbranched alkanes of at least 4 members (excludes halogenated alkanes) is 28. The maximum Gasteiger partial charge on any atom is 0.306 e. The molecule has 0 aliphatic carbocycles. The van der Waals surface area contributed by atoms with Crippen molar-refractivity contribution in [3.05, 3.63) is 72.9 Å². The maximum absolute atomic E-state index is 12.8. The summed E-state index contributed by atoms with van der Waals surface area (Å²) in [6.07, 6.45) is 64.5. The minimum Gasteiger partial charge on any atom is -0.462 e. The predicted octanol–water partition coefficient (Wildman–Crippen LogP) is 17.4. The first kappa shape index (κ1) is 59.9. The molecule has 1 atom stereocenters. The highest BCUT2D eigenvalue weighted by Crippen LogP contribution is 2.15. The van der Waals surface area contributed by atoms with Gasteiger partial charge in [0.15, 0.2) is 6.10 Å². The van der Waals surface area contributed by atoms with Crippen LogP contribution in [0, 0.1) is 0 Å². The van der Waals surface area contributed by atoms with Gasteiger partial charge in [-0.25, -0.2) is 0 Å². The molecule has 362 valence electrons. The fourth-order valence-electron chi connectivity index (χ4n) is 7.34. The second-order valence-corrected chi connectivity index (χ2v) is 17.5. The summed E-state index contributed by atoms with van der Waals surface area (Å²) in [5.41, 5.74) is 0. The Balaban J connectivity index is 4.45. The first-order valence-corrected chi connectivity index (χ1v) is 26.5. The highest BCUT2D eigenvalue weighted by Gasteiger charge is 2.19. The third-order valence-electron chi connectivity index (χ3n) is 11.3. The summed E-state index contributed by atoms with van der Waals surface area (Å²) in [4.78, 5) is 38.0. The molecule has 0 amide bonds. The third kappa shape index (κ3) is 49.7. The Kier molecular flexibility index (Phi) is 48.9. The first-order valence-electron chi connectivity index (χ1n) is 26.5. The lowest BCUT2D eigenvalue weighted by Crippen LogP contribution is -2.30. The number of hydrogen-bond donors (Lipinski definition) is 0. The monoisotopic (exact) mass is 879 g/mol. The molecule has 1 unspecified atom stereocenters. The predicted molar refractivity (Wildman–Crippen MR) is 270 cm³/mol. The molecule has 0 aliphatic rings. The van der Waals surface area contributed by atoms with Crippen LogP contribution in [-0.2, 0) is 28.6 Å². The Morgan fingerprint density at radius 2 is 0.635 bits per heavy atom. The smallest absolute Gasteiger partial charge is 0.306 e. The Bertz CT molecular complexity index is 1190. The standard InChI is InChI=1S/C57H98O6/c1-4-7-10-13-16-19-22-25-28-31-34-37-40-43-46-49-55(58)61-52-54(63-57(60)51-48-45-42-39-36-33-30-27-24-21-18-15-12-9-6-3)53-62-56(59)50-47-44-41-38-35-32-29-26-23-20-17-14-11-8-5-2/h7,10,13,16,19,21-22,24-25,28,31,34,54H,4-6,8-9,11-12,14-15,17-18,20,23,26-27,29-30,32-33,35-53H2,1-3H3/b10-7-,16-13-,22-19-,24-21-,28-25-,34-31-. The summed E-state index contributed by atoms with van der Waals surface area (Å²) < 4.78 is 16.8. The molecule has 6 heteroatoms. The van der Waals surface area contributed by atoms with E-state index in [-0.39, 0.29) is 31.1 Å². The normalized spacial score (nSPS) is 12.6. The van der Waals surface area contributed by atoms with Crippen molar-refractivity contribution in [2.75, 3.05) is 13.2 Å². The summed E-state index contributed by atoms with van der Waals surface area (Å²) in [6, 6.07) is 0. The number of esters is 3. The van der Waals surface area contributed by atoms with E-state index in [9.17, 15) is 14.4 Å². The Morgan fingerprint density at radius 3 is 1.05 bits per heavy atom. The molecule has 0 saturated heterocycles. The van der Waals surface area contributed by atoms with E-state index in [0.29, 0.717) is 19.3 Å². The molecule has 0 aromatic rings. The third-order valence-corrected chi connectivity index (χ3v) is 11.3. The van der Waals surface area contributed by atoms with Gasteiger partial charge in [-0.15, -0.1) is 0 Å². The number of carbonyl (C=O) groups excluding carboxylic acids is 3. The van der Waals surface area contributed by atoms with E-state index in [1.54, 1.807) is 0 Å². The van der Waals surface area contributed by atoms with Crippen molar-refractivity contribution < 1.29 is 28.6 Å². The van der Waals surface area contributed by atoms with Crippen LogP contribution in [0.15, 0.2) is 72.9 Å². The molecule has 6 nitrogen and oxygen atoms in total. The van der Waals surface area contributed by atoms with Crippen molar-refractivity contribution in [1.82, 2.24) is 0 Å². The fourth-order valence-corrected chi connectivity index (χ4v) is 7.34. The minimum absolute atomic E-state index is 0.0891. The zero-order valence-electron chi connectivity index (χ0n) is 41.3. The van der Waals surface area contributed by atoms with Crippen LogP contribution in [0.5, 0.6) is 0 Å². The SMILES string of the molecule is CC\C=C/C=C\C=C/C=C\C=C/CCCCCC(=O)OCC(COC(=O)CCCCCCCCCCCCCCCCC)OC(=O)CCCCCCCCC/C=C\CCCCCC. The van der Waals surface area contributed by atoms with Gasteiger partial charge in [-0.1, -0.05) is 241 Å². The van der Waals surface area contributed by atoms with Crippen LogP contribution < -0.4 is 0 Å². The Morgan fingerprint density at radius 1 is 0.333 bits per heavy atom. The molecule has 63 heavy (non-hydrogen) atoms. The van der Waals surface area contributed by atoms with Crippen molar-refractivity contribution >= 4 is 17.9 Å². The van der Waals surface area contributed by atoms with Gasteiger partial charge >= 0.3 is 17.9 Å². The minimum atomic E-state index is -0.793. The Labute approximate surface area is 389 Å². The van der Waals surface area contributed by atoms with Crippen molar-refractivity contribution in [2.24, 2.45) is 0 Å². The van der Waals surface area contributed by atoms with Crippen LogP contribution in [0.4, 0.5) is 0 Å². The lowest BCUT2D eigenvalue weighted by molar-refractivity contribution is -0.167. The second-order valence-electron chi connectivity index (χ2n) is 17.5. The number of hydrogen-bond acceptors (Lipinski definition) is 6. The van der Waals surface area contributed by atoms with E-state index >= 15 is 0 Å². The molecule has 0 bridgehead atoms. The van der Waals surface area contributed by atoms with E-state index in [1.165, 1.54) is 141 Å². The van der Waals surface area contributed by atoms with Crippen LogP contribution in [0.2, 0.25) is 0 Å². The highest BCUT2D eigenvalue weighted by atomic mass is 16.6. The molecular weight excluding hydrogens is 781 g/mol. The lowest BCUT2D eigenvalue weighted by Gasteiger charge is -2.18. The zero-order valence-corrected chi connectivity index (χ0v) is 41.3. The van der Waals surface area contributed by atoms with Crippen molar-refractivity contribution in [2.45, 2.75) is 258 Å². The van der Waals surface area contributed by atoms with Crippen molar-refractivity contribution in [1.29, 1.82) is 0 Å². The van der Waals surface area contributed by atoms with Crippen LogP contribution in [-0.4, -0.2) is 37.2 Å². The summed E-state index contributed by atoms with van der Waals surface area (Å²) in [6.45, 7) is 6.45. The van der Waals surface area contributed by atoms with Crippen molar-refractivity contribution in [3.8, 4) is 0 Å². The molecule has 0 saturated carbocycles. The largest absolute Gasteiger partial charge is 0.462 e. The molecule has 0 rings (SSSR count). The molecule has 0 spiro atoms. The summed E-state index contributed by atoms with van der Waals surface area (Å²) >= 11 is 0. The van der Waals surface area contributed by atoms with Gasteiger partial charge in [0.1, 0.15) is 13.2 Å². The van der Waals surface area contributed by atoms with E-state index in [0.717, 1.165) is 70.6 Å². The van der Waals surface area contributed by atoms with E-state index in [4.69, 9.17) is 14.2 Å². The number of allylic oxidation sites excluding steroid dienone is 12. The summed E-state index contributed by atoms with van der Waals surface area (Å²) in [5.74, 6) is -0.932. The Hall–Kier alpha value is -3.15.